The summed E-state index contributed by atoms with van der Waals surface area (Å²) < 4.78 is 0. The first-order valence-electron chi connectivity index (χ1n) is 3.67. The van der Waals surface area contributed by atoms with Crippen LogP contribution < -0.4 is 5.73 Å². The lowest BCUT2D eigenvalue weighted by Gasteiger charge is -2.05. The van der Waals surface area contributed by atoms with Crippen molar-refractivity contribution in [2.75, 3.05) is 20.1 Å². The van der Waals surface area contributed by atoms with Gasteiger partial charge in [0.2, 0.25) is 0 Å². The first kappa shape index (κ1) is 7.54. The monoisotopic (exact) mass is 141 g/mol. The number of aliphatic imine (C=N–C) groups is 1. The summed E-state index contributed by atoms with van der Waals surface area (Å²) in [5.41, 5.74) is 5.45. The van der Waals surface area contributed by atoms with Crippen molar-refractivity contribution < 1.29 is 0 Å². The van der Waals surface area contributed by atoms with Gasteiger partial charge in [0.25, 0.3) is 0 Å². The molecule has 1 atom stereocenters. The third-order valence-corrected chi connectivity index (χ3v) is 1.75. The Morgan fingerprint density at radius 2 is 2.40 bits per heavy atom. The van der Waals surface area contributed by atoms with Crippen LogP contribution >= 0.6 is 0 Å². The Morgan fingerprint density at radius 1 is 1.70 bits per heavy atom. The van der Waals surface area contributed by atoms with Gasteiger partial charge in [-0.1, -0.05) is 0 Å². The fourth-order valence-electron chi connectivity index (χ4n) is 1.31. The van der Waals surface area contributed by atoms with Gasteiger partial charge in [-0.2, -0.15) is 0 Å². The Balaban J connectivity index is 2.38. The fraction of sp³-hybridized carbons (Fsp3) is 0.857. The molecule has 0 saturated carbocycles. The number of hydrogen-bond donors (Lipinski definition) is 1. The van der Waals surface area contributed by atoms with Gasteiger partial charge in [0.1, 0.15) is 0 Å². The van der Waals surface area contributed by atoms with Crippen molar-refractivity contribution in [3.63, 3.8) is 0 Å². The molecule has 1 unspecified atom stereocenters. The highest BCUT2D eigenvalue weighted by molar-refractivity contribution is 5.77. The molecule has 58 valence electrons. The molecule has 0 spiro atoms. The molecular formula is C7H15N3. The van der Waals surface area contributed by atoms with E-state index < -0.39 is 0 Å². The number of nitrogens with zero attached hydrogens (tertiary/aromatic N) is 2. The SMILES string of the molecule is CC(N)=NC1CCN(C)C1. The summed E-state index contributed by atoms with van der Waals surface area (Å²) in [6, 6.07) is 0.454. The van der Waals surface area contributed by atoms with Gasteiger partial charge in [-0.15, -0.1) is 0 Å². The molecule has 3 nitrogen and oxygen atoms in total. The molecule has 0 amide bonds. The predicted octanol–water partition coefficient (Wildman–Crippen LogP) is 0.0676. The summed E-state index contributed by atoms with van der Waals surface area (Å²) in [5.74, 6) is 0.709. The molecule has 1 rings (SSSR count). The summed E-state index contributed by atoms with van der Waals surface area (Å²) in [7, 11) is 2.11. The molecule has 0 aromatic carbocycles. The summed E-state index contributed by atoms with van der Waals surface area (Å²) in [6.45, 7) is 4.06. The van der Waals surface area contributed by atoms with E-state index in [0.29, 0.717) is 11.9 Å². The van der Waals surface area contributed by atoms with Crippen LogP contribution in [0.2, 0.25) is 0 Å². The lowest BCUT2D eigenvalue weighted by atomic mass is 10.3. The van der Waals surface area contributed by atoms with E-state index >= 15 is 0 Å². The van der Waals surface area contributed by atoms with E-state index in [1.807, 2.05) is 6.92 Å². The molecule has 0 aromatic heterocycles. The van der Waals surface area contributed by atoms with Gasteiger partial charge < -0.3 is 10.6 Å². The van der Waals surface area contributed by atoms with E-state index in [-0.39, 0.29) is 0 Å². The second-order valence-electron chi connectivity index (χ2n) is 2.98. The van der Waals surface area contributed by atoms with Crippen molar-refractivity contribution in [1.29, 1.82) is 0 Å². The van der Waals surface area contributed by atoms with Crippen LogP contribution in [0.5, 0.6) is 0 Å². The second-order valence-corrected chi connectivity index (χ2v) is 2.98. The Kier molecular flexibility index (Phi) is 2.27. The molecule has 10 heavy (non-hydrogen) atoms. The summed E-state index contributed by atoms with van der Waals surface area (Å²) in [6.07, 6.45) is 1.16. The van der Waals surface area contributed by atoms with Gasteiger partial charge in [-0.25, -0.2) is 0 Å². The maximum absolute atomic E-state index is 5.45. The number of amidine groups is 1. The smallest absolute Gasteiger partial charge is 0.0909 e. The number of likely N-dealkylation sites (N-methyl/N-ethyl adjacent to an activating group) is 1. The quantitative estimate of drug-likeness (QED) is 0.414. The molecule has 2 N–H and O–H groups in total. The topological polar surface area (TPSA) is 41.6 Å². The van der Waals surface area contributed by atoms with Crippen molar-refractivity contribution in [3.05, 3.63) is 0 Å². The molecule has 1 aliphatic rings. The van der Waals surface area contributed by atoms with Crippen LogP contribution in [0.1, 0.15) is 13.3 Å². The molecule has 1 fully saturated rings. The summed E-state index contributed by atoms with van der Waals surface area (Å²) in [5, 5.41) is 0. The van der Waals surface area contributed by atoms with E-state index in [4.69, 9.17) is 5.73 Å². The molecular weight excluding hydrogens is 126 g/mol. The average molecular weight is 141 g/mol. The predicted molar refractivity (Wildman–Crippen MR) is 43.2 cm³/mol. The highest BCUT2D eigenvalue weighted by Gasteiger charge is 2.17. The minimum Gasteiger partial charge on any atom is -0.388 e. The van der Waals surface area contributed by atoms with Crippen LogP contribution in [0.3, 0.4) is 0 Å². The lowest BCUT2D eigenvalue weighted by molar-refractivity contribution is 0.411. The van der Waals surface area contributed by atoms with Gasteiger partial charge in [-0.3, -0.25) is 4.99 Å². The second kappa shape index (κ2) is 3.01. The number of nitrogens with two attached hydrogens (primary N) is 1. The van der Waals surface area contributed by atoms with E-state index in [1.54, 1.807) is 0 Å². The maximum atomic E-state index is 5.45. The Hall–Kier alpha value is -0.570. The lowest BCUT2D eigenvalue weighted by Crippen LogP contribution is -2.18. The van der Waals surface area contributed by atoms with Gasteiger partial charge in [0, 0.05) is 6.54 Å². The minimum absolute atomic E-state index is 0.454. The molecule has 1 saturated heterocycles. The van der Waals surface area contributed by atoms with Gasteiger partial charge in [0.15, 0.2) is 0 Å². The van der Waals surface area contributed by atoms with Crippen molar-refractivity contribution in [1.82, 2.24) is 4.90 Å². The summed E-state index contributed by atoms with van der Waals surface area (Å²) >= 11 is 0. The van der Waals surface area contributed by atoms with Gasteiger partial charge in [0.05, 0.1) is 11.9 Å². The Labute approximate surface area is 61.9 Å². The summed E-state index contributed by atoms with van der Waals surface area (Å²) in [4.78, 5) is 6.55. The van der Waals surface area contributed by atoms with Crippen molar-refractivity contribution in [2.24, 2.45) is 10.7 Å². The zero-order valence-corrected chi connectivity index (χ0v) is 6.67. The molecule has 1 aliphatic heterocycles. The largest absolute Gasteiger partial charge is 0.388 e. The Bertz CT molecular complexity index is 138. The minimum atomic E-state index is 0.454. The van der Waals surface area contributed by atoms with Crippen molar-refractivity contribution in [3.8, 4) is 0 Å². The van der Waals surface area contributed by atoms with Crippen molar-refractivity contribution >= 4 is 5.84 Å². The first-order valence-corrected chi connectivity index (χ1v) is 3.67. The van der Waals surface area contributed by atoms with Crippen LogP contribution in [0.15, 0.2) is 4.99 Å². The first-order chi connectivity index (χ1) is 4.68. The van der Waals surface area contributed by atoms with Crippen molar-refractivity contribution in [2.45, 2.75) is 19.4 Å². The fourth-order valence-corrected chi connectivity index (χ4v) is 1.31. The molecule has 0 bridgehead atoms. The number of likely N-dealkylation sites (tertiary alicyclic amines) is 1. The average Bonchev–Trinajstić information content (AvgIpc) is 2.13. The van der Waals surface area contributed by atoms with Gasteiger partial charge >= 0.3 is 0 Å². The van der Waals surface area contributed by atoms with E-state index in [2.05, 4.69) is 16.9 Å². The highest BCUT2D eigenvalue weighted by atomic mass is 15.1. The molecule has 0 aromatic rings. The number of rotatable bonds is 1. The molecule has 0 aliphatic carbocycles. The normalized spacial score (nSPS) is 29.4. The molecule has 0 radical (unpaired) electrons. The van der Waals surface area contributed by atoms with Crippen LogP contribution in [-0.4, -0.2) is 36.9 Å². The van der Waals surface area contributed by atoms with E-state index in [0.717, 1.165) is 19.5 Å². The number of hydrogen-bond acceptors (Lipinski definition) is 2. The zero-order chi connectivity index (χ0) is 7.56. The molecule has 3 heteroatoms. The highest BCUT2D eigenvalue weighted by Crippen LogP contribution is 2.09. The Morgan fingerprint density at radius 3 is 2.80 bits per heavy atom. The third-order valence-electron chi connectivity index (χ3n) is 1.75. The van der Waals surface area contributed by atoms with Crippen LogP contribution in [0, 0.1) is 0 Å². The molecule has 1 heterocycles. The zero-order valence-electron chi connectivity index (χ0n) is 6.67. The third kappa shape index (κ3) is 1.99. The van der Waals surface area contributed by atoms with Gasteiger partial charge in [-0.05, 0) is 26.9 Å². The maximum Gasteiger partial charge on any atom is 0.0909 e. The standard InChI is InChI=1S/C7H15N3/c1-6(8)9-7-3-4-10(2)5-7/h7H,3-5H2,1-2H3,(H2,8,9). The van der Waals surface area contributed by atoms with Crippen LogP contribution in [0.25, 0.3) is 0 Å². The van der Waals surface area contributed by atoms with Crippen LogP contribution in [-0.2, 0) is 0 Å². The van der Waals surface area contributed by atoms with Crippen LogP contribution in [0.4, 0.5) is 0 Å². The van der Waals surface area contributed by atoms with E-state index in [1.165, 1.54) is 0 Å². The van der Waals surface area contributed by atoms with E-state index in [9.17, 15) is 0 Å².